The molecule has 0 aliphatic carbocycles. The van der Waals surface area contributed by atoms with Crippen molar-refractivity contribution in [1.29, 1.82) is 0 Å². The molecule has 1 N–H and O–H groups in total. The van der Waals surface area contributed by atoms with Crippen LogP contribution in [0.1, 0.15) is 11.1 Å². The molecule has 0 radical (unpaired) electrons. The molecule has 0 spiro atoms. The predicted molar refractivity (Wildman–Crippen MR) is 117 cm³/mol. The Balaban J connectivity index is 1.76. The molecule has 0 unspecified atom stereocenters. The highest BCUT2D eigenvalue weighted by Gasteiger charge is 2.02. The van der Waals surface area contributed by atoms with E-state index in [0.29, 0.717) is 26.4 Å². The number of halogens is 2. The van der Waals surface area contributed by atoms with E-state index >= 15 is 0 Å². The van der Waals surface area contributed by atoms with Gasteiger partial charge in [0.2, 0.25) is 0 Å². The highest BCUT2D eigenvalue weighted by molar-refractivity contribution is 14.1. The summed E-state index contributed by atoms with van der Waals surface area (Å²) >= 11 is 2.27. The fraction of sp³-hybridized carbons (Fsp3) is 0.333. The fourth-order valence-corrected chi connectivity index (χ4v) is 2.97. The molecule has 0 atom stereocenters. The summed E-state index contributed by atoms with van der Waals surface area (Å²) in [6, 6.07) is 14.3. The minimum absolute atomic E-state index is 0.125. The maximum atomic E-state index is 11.8. The number of benzene rings is 2. The summed E-state index contributed by atoms with van der Waals surface area (Å²) in [5.41, 5.74) is 3.36. The van der Waals surface area contributed by atoms with Crippen LogP contribution in [0.5, 0.6) is 5.75 Å². The largest absolute Gasteiger partial charge is 0.490 e. The van der Waals surface area contributed by atoms with Gasteiger partial charge in [-0.25, -0.2) is 4.39 Å². The summed E-state index contributed by atoms with van der Waals surface area (Å²) in [5, 5.41) is 3.11. The van der Waals surface area contributed by atoms with Gasteiger partial charge in [-0.1, -0.05) is 30.4 Å². The van der Waals surface area contributed by atoms with Gasteiger partial charge >= 0.3 is 0 Å². The second kappa shape index (κ2) is 12.7. The fourth-order valence-electron chi connectivity index (χ4n) is 2.28. The van der Waals surface area contributed by atoms with Gasteiger partial charge in [-0.2, -0.15) is 0 Å². The van der Waals surface area contributed by atoms with Crippen molar-refractivity contribution < 1.29 is 18.6 Å². The topological polar surface area (TPSA) is 39.7 Å². The number of ether oxygens (including phenoxy) is 3. The van der Waals surface area contributed by atoms with Crippen molar-refractivity contribution in [3.8, 4) is 5.75 Å². The van der Waals surface area contributed by atoms with E-state index in [2.05, 4.69) is 70.4 Å². The van der Waals surface area contributed by atoms with E-state index in [0.717, 1.165) is 26.1 Å². The highest BCUT2D eigenvalue weighted by atomic mass is 127. The Kier molecular flexibility index (Phi) is 10.2. The molecule has 4 nitrogen and oxygen atoms in total. The first-order chi connectivity index (χ1) is 13.2. The molecule has 0 aliphatic rings. The summed E-state index contributed by atoms with van der Waals surface area (Å²) in [6.45, 7) is 1.44. The minimum atomic E-state index is -0.463. The van der Waals surface area contributed by atoms with Gasteiger partial charge in [-0.05, 0) is 58.0 Å². The third-order valence-electron chi connectivity index (χ3n) is 3.70. The van der Waals surface area contributed by atoms with Crippen LogP contribution >= 0.6 is 22.6 Å². The van der Waals surface area contributed by atoms with Gasteiger partial charge in [0.1, 0.15) is 19.0 Å². The van der Waals surface area contributed by atoms with Gasteiger partial charge in [-0.3, -0.25) is 0 Å². The van der Waals surface area contributed by atoms with Crippen LogP contribution in [-0.4, -0.2) is 46.8 Å². The van der Waals surface area contributed by atoms with Gasteiger partial charge < -0.3 is 19.5 Å². The lowest BCUT2D eigenvalue weighted by molar-refractivity contribution is 0.0324. The van der Waals surface area contributed by atoms with Gasteiger partial charge in [0.25, 0.3) is 0 Å². The van der Waals surface area contributed by atoms with Gasteiger partial charge in [0, 0.05) is 12.7 Å². The van der Waals surface area contributed by atoms with Crippen molar-refractivity contribution >= 4 is 40.4 Å². The van der Waals surface area contributed by atoms with Crippen molar-refractivity contribution in [3.05, 3.63) is 57.2 Å². The number of alkyl halides is 1. The zero-order chi connectivity index (χ0) is 19.3. The number of anilines is 1. The normalized spacial score (nSPS) is 11.1. The van der Waals surface area contributed by atoms with Crippen LogP contribution in [0.15, 0.2) is 42.5 Å². The van der Waals surface area contributed by atoms with E-state index < -0.39 is 6.67 Å². The monoisotopic (exact) mass is 485 g/mol. The predicted octanol–water partition coefficient (Wildman–Crippen LogP) is 4.88. The van der Waals surface area contributed by atoms with E-state index in [1.54, 1.807) is 0 Å². The van der Waals surface area contributed by atoms with Crippen molar-refractivity contribution in [2.24, 2.45) is 0 Å². The first-order valence-electron chi connectivity index (χ1n) is 8.82. The SMILES string of the molecule is CNc1ccc(/C=C/c2ccc(OCCOCCOCCF)c(I)c2)cc1. The number of nitrogens with one attached hydrogen (secondary N) is 1. The quantitative estimate of drug-likeness (QED) is 0.264. The van der Waals surface area contributed by atoms with Crippen LogP contribution in [0.2, 0.25) is 0 Å². The maximum Gasteiger partial charge on any atom is 0.132 e. The van der Waals surface area contributed by atoms with Crippen LogP contribution in [0.4, 0.5) is 10.1 Å². The average molecular weight is 485 g/mol. The zero-order valence-electron chi connectivity index (χ0n) is 15.4. The Morgan fingerprint density at radius 3 is 2.19 bits per heavy atom. The lowest BCUT2D eigenvalue weighted by Gasteiger charge is -2.09. The second-order valence-electron chi connectivity index (χ2n) is 5.66. The summed E-state index contributed by atoms with van der Waals surface area (Å²) in [6.07, 6.45) is 4.17. The molecule has 0 saturated heterocycles. The van der Waals surface area contributed by atoms with Crippen LogP contribution < -0.4 is 10.1 Å². The summed E-state index contributed by atoms with van der Waals surface area (Å²) < 4.78 is 29.0. The standard InChI is InChI=1S/C21H25FINO3/c1-24-19-7-4-17(5-8-19)2-3-18-6-9-21(20(23)16-18)27-15-14-26-13-12-25-11-10-22/h2-9,16,24H,10-15H2,1H3/b3-2+. The van der Waals surface area contributed by atoms with Gasteiger partial charge in [-0.15, -0.1) is 0 Å². The second-order valence-corrected chi connectivity index (χ2v) is 6.82. The highest BCUT2D eigenvalue weighted by Crippen LogP contribution is 2.23. The van der Waals surface area contributed by atoms with E-state index in [1.165, 1.54) is 0 Å². The molecule has 2 aromatic carbocycles. The first-order valence-corrected chi connectivity index (χ1v) is 9.90. The minimum Gasteiger partial charge on any atom is -0.490 e. The zero-order valence-corrected chi connectivity index (χ0v) is 17.6. The molecule has 0 fully saturated rings. The lowest BCUT2D eigenvalue weighted by atomic mass is 10.1. The van der Waals surface area contributed by atoms with Crippen molar-refractivity contribution in [2.75, 3.05) is 52.1 Å². The van der Waals surface area contributed by atoms with Crippen molar-refractivity contribution in [1.82, 2.24) is 0 Å². The molecule has 0 saturated carbocycles. The Bertz CT molecular complexity index is 707. The van der Waals surface area contributed by atoms with Gasteiger partial charge in [0.05, 0.1) is 30.0 Å². The van der Waals surface area contributed by atoms with E-state index in [1.807, 2.05) is 19.2 Å². The lowest BCUT2D eigenvalue weighted by Crippen LogP contribution is -2.11. The molecule has 0 heterocycles. The molecule has 2 rings (SSSR count). The Morgan fingerprint density at radius 1 is 0.889 bits per heavy atom. The summed E-state index contributed by atoms with van der Waals surface area (Å²) in [7, 11) is 1.91. The summed E-state index contributed by atoms with van der Waals surface area (Å²) in [5.74, 6) is 0.836. The van der Waals surface area contributed by atoms with Gasteiger partial charge in [0.15, 0.2) is 0 Å². The van der Waals surface area contributed by atoms with Crippen LogP contribution in [0, 0.1) is 3.57 Å². The van der Waals surface area contributed by atoms with E-state index in [4.69, 9.17) is 14.2 Å². The van der Waals surface area contributed by atoms with Crippen molar-refractivity contribution in [3.63, 3.8) is 0 Å². The van der Waals surface area contributed by atoms with Crippen LogP contribution in [0.3, 0.4) is 0 Å². The van der Waals surface area contributed by atoms with Crippen molar-refractivity contribution in [2.45, 2.75) is 0 Å². The number of rotatable bonds is 12. The third kappa shape index (κ3) is 8.28. The molecule has 0 aliphatic heterocycles. The molecular formula is C21H25FINO3. The number of hydrogen-bond acceptors (Lipinski definition) is 4. The number of hydrogen-bond donors (Lipinski definition) is 1. The molecule has 6 heteroatoms. The van der Waals surface area contributed by atoms with Crippen LogP contribution in [0.25, 0.3) is 12.2 Å². The summed E-state index contributed by atoms with van der Waals surface area (Å²) in [4.78, 5) is 0. The Labute approximate surface area is 173 Å². The smallest absolute Gasteiger partial charge is 0.132 e. The molecule has 146 valence electrons. The molecule has 0 bridgehead atoms. The molecule has 27 heavy (non-hydrogen) atoms. The Hall–Kier alpha value is -1.64. The molecule has 2 aromatic rings. The third-order valence-corrected chi connectivity index (χ3v) is 4.55. The van der Waals surface area contributed by atoms with E-state index in [-0.39, 0.29) is 6.61 Å². The molecular weight excluding hydrogens is 460 g/mol. The van der Waals surface area contributed by atoms with E-state index in [9.17, 15) is 4.39 Å². The molecule has 0 aromatic heterocycles. The molecule has 0 amide bonds. The maximum absolute atomic E-state index is 11.8. The first kappa shape index (κ1) is 21.7. The average Bonchev–Trinajstić information content (AvgIpc) is 2.70. The Morgan fingerprint density at radius 2 is 1.52 bits per heavy atom. The van der Waals surface area contributed by atoms with Crippen LogP contribution in [-0.2, 0) is 9.47 Å².